The van der Waals surface area contributed by atoms with Crippen LogP contribution in [0.1, 0.15) is 0 Å². The van der Waals surface area contributed by atoms with Crippen molar-refractivity contribution in [1.82, 2.24) is 0 Å². The van der Waals surface area contributed by atoms with E-state index in [-0.39, 0.29) is 12.2 Å². The Morgan fingerprint density at radius 2 is 2.22 bits per heavy atom. The number of aliphatic hydroxyl groups excluding tert-OH is 1. The Labute approximate surface area is 52.1 Å². The SMILES string of the molecule is [N-]=[N+]1CC(N)=C(N)C1O. The summed E-state index contributed by atoms with van der Waals surface area (Å²) in [6.07, 6.45) is -1.12. The summed E-state index contributed by atoms with van der Waals surface area (Å²) in [4.78, 5) is 0. The first-order chi connectivity index (χ1) is 4.13. The van der Waals surface area contributed by atoms with Crippen molar-refractivity contribution in [1.29, 1.82) is 0 Å². The predicted molar refractivity (Wildman–Crippen MR) is 29.9 cm³/mol. The van der Waals surface area contributed by atoms with Crippen molar-refractivity contribution in [3.05, 3.63) is 16.9 Å². The maximum atomic E-state index is 8.85. The van der Waals surface area contributed by atoms with Crippen LogP contribution in [0.5, 0.6) is 0 Å². The molecule has 0 aromatic carbocycles. The zero-order valence-electron chi connectivity index (χ0n) is 4.78. The maximum absolute atomic E-state index is 8.85. The van der Waals surface area contributed by atoms with Gasteiger partial charge in [0, 0.05) is 0 Å². The first kappa shape index (κ1) is 6.03. The van der Waals surface area contributed by atoms with Gasteiger partial charge in [-0.2, -0.15) is 0 Å². The Balaban J connectivity index is 2.87. The number of rotatable bonds is 0. The van der Waals surface area contributed by atoms with Gasteiger partial charge in [-0.1, -0.05) is 0 Å². The van der Waals surface area contributed by atoms with Crippen molar-refractivity contribution in [2.45, 2.75) is 6.23 Å². The molecule has 0 aromatic rings. The predicted octanol–water partition coefficient (Wildman–Crippen LogP) is -1.52. The van der Waals surface area contributed by atoms with E-state index in [1.807, 2.05) is 0 Å². The molecule has 0 fully saturated rings. The number of aliphatic hydroxyl groups is 1. The van der Waals surface area contributed by atoms with E-state index in [1.54, 1.807) is 0 Å². The Bertz CT molecular complexity index is 185. The lowest BCUT2D eigenvalue weighted by molar-refractivity contribution is -0.601. The molecular weight excluding hydrogens is 120 g/mol. The molecule has 0 saturated heterocycles. The third-order valence-corrected chi connectivity index (χ3v) is 1.26. The molecule has 1 unspecified atom stereocenters. The van der Waals surface area contributed by atoms with Crippen molar-refractivity contribution in [3.63, 3.8) is 0 Å². The molecule has 0 saturated carbocycles. The van der Waals surface area contributed by atoms with Gasteiger partial charge in [-0.25, -0.2) is 0 Å². The summed E-state index contributed by atoms with van der Waals surface area (Å²) in [6.45, 7) is 0.118. The van der Waals surface area contributed by atoms with E-state index in [0.29, 0.717) is 10.4 Å². The van der Waals surface area contributed by atoms with Gasteiger partial charge in [0.05, 0.1) is 0 Å². The van der Waals surface area contributed by atoms with Gasteiger partial charge in [-0.3, -0.25) is 4.70 Å². The number of hydrogen-bond donors (Lipinski definition) is 3. The van der Waals surface area contributed by atoms with E-state index in [1.165, 1.54) is 0 Å². The van der Waals surface area contributed by atoms with Crippen LogP contribution in [-0.4, -0.2) is 22.6 Å². The van der Waals surface area contributed by atoms with Crippen LogP contribution in [0, 0.1) is 0 Å². The standard InChI is InChI=1S/C4H8N4O/c5-2-1-8(7)4(9)3(2)6/h4,9H,1,5-6H2. The first-order valence-corrected chi connectivity index (χ1v) is 2.50. The molecule has 1 aliphatic rings. The molecule has 0 aromatic heterocycles. The zero-order chi connectivity index (χ0) is 7.02. The summed E-state index contributed by atoms with van der Waals surface area (Å²) in [7, 11) is 0. The number of nitrogens with zero attached hydrogens (tertiary/aromatic N) is 2. The zero-order valence-corrected chi connectivity index (χ0v) is 4.78. The van der Waals surface area contributed by atoms with Gasteiger partial charge in [-0.05, 0) is 0 Å². The van der Waals surface area contributed by atoms with Crippen LogP contribution in [0.2, 0.25) is 0 Å². The van der Waals surface area contributed by atoms with Gasteiger partial charge in [0.2, 0.25) is 0 Å². The van der Waals surface area contributed by atoms with Crippen LogP contribution >= 0.6 is 0 Å². The molecule has 0 aliphatic carbocycles. The van der Waals surface area contributed by atoms with Crippen LogP contribution in [0.15, 0.2) is 11.4 Å². The van der Waals surface area contributed by atoms with E-state index in [2.05, 4.69) is 0 Å². The molecule has 1 atom stereocenters. The lowest BCUT2D eigenvalue weighted by Crippen LogP contribution is -2.22. The summed E-state index contributed by atoms with van der Waals surface area (Å²) in [5.74, 6) is 0. The Morgan fingerprint density at radius 3 is 2.33 bits per heavy atom. The van der Waals surface area contributed by atoms with E-state index in [0.717, 1.165) is 0 Å². The molecule has 5 nitrogen and oxygen atoms in total. The fourth-order valence-electron chi connectivity index (χ4n) is 0.679. The van der Waals surface area contributed by atoms with Gasteiger partial charge in [0.15, 0.2) is 6.54 Å². The van der Waals surface area contributed by atoms with Crippen molar-refractivity contribution in [2.75, 3.05) is 6.54 Å². The molecule has 0 bridgehead atoms. The second-order valence-electron chi connectivity index (χ2n) is 1.95. The minimum absolute atomic E-state index is 0.118. The minimum atomic E-state index is -1.12. The molecule has 1 heterocycles. The van der Waals surface area contributed by atoms with Crippen LogP contribution in [0.3, 0.4) is 0 Å². The van der Waals surface area contributed by atoms with Gasteiger partial charge in [0.1, 0.15) is 11.4 Å². The van der Waals surface area contributed by atoms with Crippen molar-refractivity contribution >= 4 is 0 Å². The maximum Gasteiger partial charge on any atom is 0.288 e. The molecule has 0 amide bonds. The highest BCUT2D eigenvalue weighted by Gasteiger charge is 2.26. The highest BCUT2D eigenvalue weighted by Crippen LogP contribution is 2.09. The summed E-state index contributed by atoms with van der Waals surface area (Å²) in [5, 5.41) is 8.85. The van der Waals surface area contributed by atoms with Gasteiger partial charge in [0.25, 0.3) is 6.23 Å². The summed E-state index contributed by atoms with van der Waals surface area (Å²) >= 11 is 0. The fraction of sp³-hybridized carbons (Fsp3) is 0.500. The Kier molecular flexibility index (Phi) is 1.14. The molecule has 5 N–H and O–H groups in total. The Hall–Kier alpha value is -1.10. The van der Waals surface area contributed by atoms with Gasteiger partial charge >= 0.3 is 0 Å². The van der Waals surface area contributed by atoms with Crippen LogP contribution in [0.4, 0.5) is 0 Å². The summed E-state index contributed by atoms with van der Waals surface area (Å²) < 4.78 is 0.671. The van der Waals surface area contributed by atoms with Crippen molar-refractivity contribution < 1.29 is 9.80 Å². The molecular formula is C4H8N4O. The molecule has 0 radical (unpaired) electrons. The Morgan fingerprint density at radius 1 is 1.67 bits per heavy atom. The molecule has 5 heteroatoms. The lowest BCUT2D eigenvalue weighted by Gasteiger charge is -2.02. The van der Waals surface area contributed by atoms with E-state index in [9.17, 15) is 0 Å². The largest absolute Gasteiger partial charge is 0.504 e. The van der Waals surface area contributed by atoms with E-state index < -0.39 is 6.23 Å². The van der Waals surface area contributed by atoms with Crippen LogP contribution in [-0.2, 0) is 0 Å². The quantitative estimate of drug-likeness (QED) is 0.345. The minimum Gasteiger partial charge on any atom is -0.504 e. The lowest BCUT2D eigenvalue weighted by atomic mass is 10.4. The third kappa shape index (κ3) is 0.746. The highest BCUT2D eigenvalue weighted by molar-refractivity contribution is 5.12. The van der Waals surface area contributed by atoms with Crippen molar-refractivity contribution in [2.24, 2.45) is 11.5 Å². The van der Waals surface area contributed by atoms with Crippen molar-refractivity contribution in [3.8, 4) is 0 Å². The summed E-state index contributed by atoms with van der Waals surface area (Å²) in [5.41, 5.74) is 19.6. The molecule has 50 valence electrons. The molecule has 1 aliphatic heterocycles. The monoisotopic (exact) mass is 128 g/mol. The highest BCUT2D eigenvalue weighted by atomic mass is 16.3. The van der Waals surface area contributed by atoms with E-state index in [4.69, 9.17) is 22.1 Å². The van der Waals surface area contributed by atoms with E-state index >= 15 is 0 Å². The molecule has 1 rings (SSSR count). The fourth-order valence-corrected chi connectivity index (χ4v) is 0.679. The average molecular weight is 128 g/mol. The first-order valence-electron chi connectivity index (χ1n) is 2.50. The number of hydrogen-bond acceptors (Lipinski definition) is 3. The smallest absolute Gasteiger partial charge is 0.288 e. The second-order valence-corrected chi connectivity index (χ2v) is 1.95. The molecule has 0 spiro atoms. The van der Waals surface area contributed by atoms with Crippen LogP contribution < -0.4 is 11.5 Å². The molecule has 9 heavy (non-hydrogen) atoms. The summed E-state index contributed by atoms with van der Waals surface area (Å²) in [6, 6.07) is 0. The third-order valence-electron chi connectivity index (χ3n) is 1.26. The average Bonchev–Trinajstić information content (AvgIpc) is 1.98. The topological polar surface area (TPSA) is 97.6 Å². The van der Waals surface area contributed by atoms with Gasteiger partial charge in [-0.15, -0.1) is 0 Å². The van der Waals surface area contributed by atoms with Gasteiger partial charge < -0.3 is 22.1 Å². The second kappa shape index (κ2) is 1.70. The normalized spacial score (nSPS) is 27.7. The number of nitrogens with two attached hydrogens (primary N) is 2. The van der Waals surface area contributed by atoms with Crippen LogP contribution in [0.25, 0.3) is 5.53 Å².